The lowest BCUT2D eigenvalue weighted by Crippen LogP contribution is -2.47. The molecule has 3 atom stereocenters. The number of allylic oxidation sites excluding steroid dienone is 9. The Morgan fingerprint density at radius 1 is 0.473 bits per heavy atom. The molecule has 0 heterocycles. The second kappa shape index (κ2) is 54.1. The van der Waals surface area contributed by atoms with E-state index in [2.05, 4.69) is 74.7 Å². The molecule has 0 aliphatic rings. The zero-order valence-corrected chi connectivity index (χ0v) is 50.2. The minimum Gasteiger partial charge on any atom is -0.456 e. The first kappa shape index (κ1) is 71.7. The van der Waals surface area contributed by atoms with E-state index in [1.807, 2.05) is 33.3 Å². The van der Waals surface area contributed by atoms with E-state index in [4.69, 9.17) is 13.8 Å². The molecule has 432 valence electrons. The summed E-state index contributed by atoms with van der Waals surface area (Å²) in [6.07, 6.45) is 67.8. The molecule has 74 heavy (non-hydrogen) atoms. The molecule has 9 nitrogen and oxygen atoms in total. The summed E-state index contributed by atoms with van der Waals surface area (Å²) < 4.78 is 30.7. The van der Waals surface area contributed by atoms with E-state index in [1.165, 1.54) is 154 Å². The lowest BCUT2D eigenvalue weighted by molar-refractivity contribution is -0.870. The SMILES string of the molecule is CCCCC/C=C\C/C=C\C/C=C\C/C=C\CCCCCCCC(=O)NC(COP(=O)(O)OCC[N+](C)(C)C)C(/C=C\CCCCCCCCCCCCC)OC(=O)CCCCCCCCCCCCCCCC. The number of hydrogen-bond donors (Lipinski definition) is 2. The molecule has 0 radical (unpaired) electrons. The van der Waals surface area contributed by atoms with Crippen molar-refractivity contribution in [3.05, 3.63) is 60.8 Å². The lowest BCUT2D eigenvalue weighted by Gasteiger charge is -2.27. The Bertz CT molecular complexity index is 1450. The van der Waals surface area contributed by atoms with Crippen LogP contribution in [0.5, 0.6) is 0 Å². The van der Waals surface area contributed by atoms with Crippen LogP contribution >= 0.6 is 7.82 Å². The van der Waals surface area contributed by atoms with E-state index in [9.17, 15) is 19.0 Å². The molecule has 0 spiro atoms. The van der Waals surface area contributed by atoms with Gasteiger partial charge < -0.3 is 19.4 Å². The summed E-state index contributed by atoms with van der Waals surface area (Å²) in [6, 6.07) is -0.857. The van der Waals surface area contributed by atoms with Crippen molar-refractivity contribution in [1.29, 1.82) is 0 Å². The Labute approximate surface area is 458 Å². The van der Waals surface area contributed by atoms with Crippen LogP contribution in [0.3, 0.4) is 0 Å². The molecule has 0 fully saturated rings. The molecule has 0 aromatic rings. The van der Waals surface area contributed by atoms with Gasteiger partial charge in [0, 0.05) is 12.8 Å². The fourth-order valence-electron chi connectivity index (χ4n) is 8.87. The van der Waals surface area contributed by atoms with Crippen LogP contribution in [-0.2, 0) is 27.9 Å². The number of nitrogens with one attached hydrogen (secondary N) is 1. The molecule has 0 rings (SSSR count). The number of likely N-dealkylation sites (N-methyl/N-ethyl adjacent to an activating group) is 1. The van der Waals surface area contributed by atoms with Crippen molar-refractivity contribution in [2.75, 3.05) is 40.9 Å². The second-order valence-electron chi connectivity index (χ2n) is 22.2. The lowest BCUT2D eigenvalue weighted by atomic mass is 10.0. The number of unbranched alkanes of at least 4 members (excludes halogenated alkanes) is 32. The van der Waals surface area contributed by atoms with Crippen LogP contribution in [0, 0.1) is 0 Å². The van der Waals surface area contributed by atoms with Gasteiger partial charge in [-0.2, -0.15) is 0 Å². The van der Waals surface area contributed by atoms with Gasteiger partial charge >= 0.3 is 13.8 Å². The van der Waals surface area contributed by atoms with Crippen molar-refractivity contribution in [1.82, 2.24) is 5.32 Å². The molecule has 0 aromatic heterocycles. The molecule has 0 saturated heterocycles. The van der Waals surface area contributed by atoms with E-state index in [1.54, 1.807) is 0 Å². The van der Waals surface area contributed by atoms with Gasteiger partial charge in [-0.05, 0) is 76.7 Å². The largest absolute Gasteiger partial charge is 0.472 e. The van der Waals surface area contributed by atoms with Crippen molar-refractivity contribution in [2.24, 2.45) is 0 Å². The summed E-state index contributed by atoms with van der Waals surface area (Å²) in [4.78, 5) is 37.7. The predicted octanol–water partition coefficient (Wildman–Crippen LogP) is 19.1. The summed E-state index contributed by atoms with van der Waals surface area (Å²) in [5.41, 5.74) is 0. The Morgan fingerprint density at radius 3 is 1.26 bits per heavy atom. The third-order valence-corrected chi connectivity index (χ3v) is 14.7. The van der Waals surface area contributed by atoms with E-state index >= 15 is 0 Å². The number of phosphoric acid groups is 1. The van der Waals surface area contributed by atoms with Crippen molar-refractivity contribution in [3.8, 4) is 0 Å². The van der Waals surface area contributed by atoms with Crippen LogP contribution in [0.1, 0.15) is 284 Å². The summed E-state index contributed by atoms with van der Waals surface area (Å²) >= 11 is 0. The molecule has 0 aliphatic heterocycles. The van der Waals surface area contributed by atoms with Gasteiger partial charge in [-0.15, -0.1) is 0 Å². The molecular weight excluding hydrogens is 940 g/mol. The first-order valence-electron chi connectivity index (χ1n) is 31.1. The van der Waals surface area contributed by atoms with Crippen LogP contribution in [0.2, 0.25) is 0 Å². The fraction of sp³-hybridized carbons (Fsp3) is 0.812. The number of carbonyl (C=O) groups excluding carboxylic acids is 2. The van der Waals surface area contributed by atoms with Gasteiger partial charge in [-0.1, -0.05) is 255 Å². The average Bonchev–Trinajstić information content (AvgIpc) is 3.36. The summed E-state index contributed by atoms with van der Waals surface area (Å²) in [5, 5.41) is 3.05. The van der Waals surface area contributed by atoms with Crippen molar-refractivity contribution in [2.45, 2.75) is 296 Å². The van der Waals surface area contributed by atoms with Crippen LogP contribution in [-0.4, -0.2) is 74.3 Å². The quantitative estimate of drug-likeness (QED) is 0.0205. The first-order valence-corrected chi connectivity index (χ1v) is 32.6. The van der Waals surface area contributed by atoms with Gasteiger partial charge in [-0.25, -0.2) is 4.57 Å². The molecule has 0 aliphatic carbocycles. The molecule has 0 saturated carbocycles. The summed E-state index contributed by atoms with van der Waals surface area (Å²) in [5.74, 6) is -0.518. The molecule has 10 heteroatoms. The molecular formula is C64H120N2O7P+. The Balaban J connectivity index is 5.30. The van der Waals surface area contributed by atoms with Crippen molar-refractivity contribution >= 4 is 19.7 Å². The maximum Gasteiger partial charge on any atom is 0.472 e. The number of ether oxygens (including phenoxy) is 1. The highest BCUT2D eigenvalue weighted by Gasteiger charge is 2.30. The van der Waals surface area contributed by atoms with Gasteiger partial charge in [0.05, 0.1) is 33.8 Å². The van der Waals surface area contributed by atoms with Crippen LogP contribution in [0.4, 0.5) is 0 Å². The average molecular weight is 1060 g/mol. The van der Waals surface area contributed by atoms with Crippen molar-refractivity contribution < 1.29 is 37.3 Å². The number of nitrogens with zero attached hydrogens (tertiary/aromatic N) is 1. The summed E-state index contributed by atoms with van der Waals surface area (Å²) in [7, 11) is 1.49. The number of rotatable bonds is 56. The van der Waals surface area contributed by atoms with Gasteiger partial charge in [-0.3, -0.25) is 18.6 Å². The first-order chi connectivity index (χ1) is 35.9. The highest BCUT2D eigenvalue weighted by molar-refractivity contribution is 7.47. The maximum atomic E-state index is 13.5. The normalized spacial score (nSPS) is 14.1. The fourth-order valence-corrected chi connectivity index (χ4v) is 9.60. The second-order valence-corrected chi connectivity index (χ2v) is 23.7. The minimum absolute atomic E-state index is 0.0360. The van der Waals surface area contributed by atoms with Gasteiger partial charge in [0.2, 0.25) is 5.91 Å². The predicted molar refractivity (Wildman–Crippen MR) is 318 cm³/mol. The number of hydrogen-bond acceptors (Lipinski definition) is 6. The van der Waals surface area contributed by atoms with Crippen LogP contribution in [0.15, 0.2) is 60.8 Å². The Hall–Kier alpha value is -2.29. The smallest absolute Gasteiger partial charge is 0.456 e. The van der Waals surface area contributed by atoms with E-state index < -0.39 is 20.0 Å². The molecule has 1 amide bonds. The highest BCUT2D eigenvalue weighted by Crippen LogP contribution is 2.43. The number of carbonyl (C=O) groups is 2. The number of phosphoric ester groups is 1. The Morgan fingerprint density at radius 2 is 0.824 bits per heavy atom. The number of esters is 1. The van der Waals surface area contributed by atoms with E-state index in [0.717, 1.165) is 96.3 Å². The van der Waals surface area contributed by atoms with E-state index in [0.29, 0.717) is 17.4 Å². The van der Waals surface area contributed by atoms with Gasteiger partial charge in [0.15, 0.2) is 0 Å². The third kappa shape index (κ3) is 54.5. The van der Waals surface area contributed by atoms with Crippen LogP contribution < -0.4 is 5.32 Å². The molecule has 0 aromatic carbocycles. The van der Waals surface area contributed by atoms with E-state index in [-0.39, 0.29) is 31.5 Å². The monoisotopic (exact) mass is 1060 g/mol. The molecule has 3 unspecified atom stereocenters. The van der Waals surface area contributed by atoms with Crippen molar-refractivity contribution in [3.63, 3.8) is 0 Å². The Kier molecular flexibility index (Phi) is 52.4. The molecule has 2 N–H and O–H groups in total. The molecule has 0 bridgehead atoms. The minimum atomic E-state index is -4.45. The zero-order valence-electron chi connectivity index (χ0n) is 49.3. The third-order valence-electron chi connectivity index (χ3n) is 13.7. The number of quaternary nitrogens is 1. The highest BCUT2D eigenvalue weighted by atomic mass is 31.2. The number of amides is 1. The topological polar surface area (TPSA) is 111 Å². The zero-order chi connectivity index (χ0) is 54.3. The van der Waals surface area contributed by atoms with Gasteiger partial charge in [0.25, 0.3) is 0 Å². The summed E-state index contributed by atoms with van der Waals surface area (Å²) in [6.45, 7) is 6.99. The maximum absolute atomic E-state index is 13.5. The van der Waals surface area contributed by atoms with Crippen LogP contribution in [0.25, 0.3) is 0 Å². The standard InChI is InChI=1S/C64H119N2O7P/c1-7-10-13-16-19-22-25-28-30-31-32-33-34-35-36-38-41-44-47-50-53-56-63(67)65-61(60-72-74(69,70)71-59-58-66(4,5)6)62(55-52-49-46-43-40-37-27-24-21-18-15-12-9-3)73-64(68)57-54-51-48-45-42-39-29-26-23-20-17-14-11-8-2/h19,22,28,30,32-33,35-36,52,55,61-62H,7-18,20-21,23-27,29,31,34,37-51,53-54,56-60H2,1-6H3,(H-,65,67,69,70)/p+1/b22-19-,30-28-,33-32-,36-35-,55-52-. The van der Waals surface area contributed by atoms with Gasteiger partial charge in [0.1, 0.15) is 19.3 Å².